The van der Waals surface area contributed by atoms with Crippen molar-refractivity contribution in [2.75, 3.05) is 20.4 Å². The molecule has 0 radical (unpaired) electrons. The van der Waals surface area contributed by atoms with Gasteiger partial charge in [-0.3, -0.25) is 9.67 Å². The third kappa shape index (κ3) is 3.98. The van der Waals surface area contributed by atoms with Crippen molar-refractivity contribution >= 4 is 5.96 Å². The molecule has 1 aromatic carbocycles. The molecule has 0 unspecified atom stereocenters. The van der Waals surface area contributed by atoms with E-state index in [2.05, 4.69) is 52.8 Å². The molecule has 1 aliphatic heterocycles. The van der Waals surface area contributed by atoms with Gasteiger partial charge >= 0.3 is 0 Å². The number of nitrogens with zero attached hydrogens (tertiary/aromatic N) is 3. The summed E-state index contributed by atoms with van der Waals surface area (Å²) >= 11 is 0. The summed E-state index contributed by atoms with van der Waals surface area (Å²) in [7, 11) is 3.81. The number of fused-ring (bicyclic) bond motifs is 1. The first-order valence-corrected chi connectivity index (χ1v) is 10.9. The summed E-state index contributed by atoms with van der Waals surface area (Å²) in [5.41, 5.74) is 4.87. The van der Waals surface area contributed by atoms with Crippen molar-refractivity contribution in [2.45, 2.75) is 57.9 Å². The Labute approximate surface area is 178 Å². The first kappa shape index (κ1) is 20.6. The number of aliphatic imine (C=N–C) groups is 1. The van der Waals surface area contributed by atoms with Crippen LogP contribution in [-0.2, 0) is 19.0 Å². The zero-order valence-corrected chi connectivity index (χ0v) is 18.5. The van der Waals surface area contributed by atoms with E-state index in [1.54, 1.807) is 0 Å². The van der Waals surface area contributed by atoms with Crippen LogP contribution in [0.15, 0.2) is 23.2 Å². The number of guanidine groups is 1. The van der Waals surface area contributed by atoms with E-state index < -0.39 is 0 Å². The highest BCUT2D eigenvalue weighted by Gasteiger charge is 2.35. The number of nitrogens with one attached hydrogen (secondary N) is 2. The summed E-state index contributed by atoms with van der Waals surface area (Å²) < 4.78 is 13.1. The van der Waals surface area contributed by atoms with Gasteiger partial charge in [0.15, 0.2) is 17.5 Å². The molecule has 2 N–H and O–H groups in total. The number of rotatable bonds is 5. The third-order valence-electron chi connectivity index (χ3n) is 6.70. The topological polar surface area (TPSA) is 72.7 Å². The van der Waals surface area contributed by atoms with Gasteiger partial charge in [-0.25, -0.2) is 0 Å². The van der Waals surface area contributed by atoms with Gasteiger partial charge in [0.1, 0.15) is 0 Å². The van der Waals surface area contributed by atoms with Crippen molar-refractivity contribution in [2.24, 2.45) is 12.0 Å². The molecule has 1 aliphatic carbocycles. The number of aryl methyl sites for hydroxylation is 2. The van der Waals surface area contributed by atoms with E-state index in [0.29, 0.717) is 13.3 Å². The predicted molar refractivity (Wildman–Crippen MR) is 118 cm³/mol. The number of aromatic nitrogens is 2. The predicted octanol–water partition coefficient (Wildman–Crippen LogP) is 3.33. The number of benzene rings is 1. The van der Waals surface area contributed by atoms with Crippen molar-refractivity contribution in [1.29, 1.82) is 0 Å². The van der Waals surface area contributed by atoms with Crippen molar-refractivity contribution in [1.82, 2.24) is 20.4 Å². The van der Waals surface area contributed by atoms with Gasteiger partial charge in [-0.05, 0) is 44.4 Å². The molecule has 1 saturated carbocycles. The number of hydrogen-bond acceptors (Lipinski definition) is 4. The lowest BCUT2D eigenvalue weighted by Crippen LogP contribution is -2.46. The molecular weight excluding hydrogens is 378 g/mol. The Morgan fingerprint density at radius 3 is 2.60 bits per heavy atom. The van der Waals surface area contributed by atoms with Gasteiger partial charge < -0.3 is 20.1 Å². The van der Waals surface area contributed by atoms with Crippen LogP contribution in [0, 0.1) is 13.8 Å². The SMILES string of the molecule is CN=C(NCc1c(C)nn(C)c1C)NCC1(c2ccc3c(c2)OCO3)CCCCC1. The van der Waals surface area contributed by atoms with Gasteiger partial charge in [-0.15, -0.1) is 0 Å². The Morgan fingerprint density at radius 1 is 1.13 bits per heavy atom. The Hall–Kier alpha value is -2.70. The largest absolute Gasteiger partial charge is 0.454 e. The first-order chi connectivity index (χ1) is 14.5. The molecule has 162 valence electrons. The van der Waals surface area contributed by atoms with Crippen LogP contribution in [0.2, 0.25) is 0 Å². The molecule has 7 heteroatoms. The summed E-state index contributed by atoms with van der Waals surface area (Å²) in [5.74, 6) is 2.53. The fourth-order valence-electron chi connectivity index (χ4n) is 4.74. The summed E-state index contributed by atoms with van der Waals surface area (Å²) in [5, 5.41) is 11.6. The maximum absolute atomic E-state index is 5.65. The molecular formula is C23H33N5O2. The van der Waals surface area contributed by atoms with E-state index in [9.17, 15) is 0 Å². The van der Waals surface area contributed by atoms with Crippen LogP contribution in [0.25, 0.3) is 0 Å². The van der Waals surface area contributed by atoms with E-state index in [0.717, 1.165) is 42.5 Å². The van der Waals surface area contributed by atoms with E-state index in [1.165, 1.54) is 36.1 Å². The smallest absolute Gasteiger partial charge is 0.231 e. The minimum absolute atomic E-state index is 0.0803. The average molecular weight is 412 g/mol. The maximum atomic E-state index is 5.65. The van der Waals surface area contributed by atoms with E-state index in [-0.39, 0.29) is 5.41 Å². The Morgan fingerprint density at radius 2 is 1.90 bits per heavy atom. The lowest BCUT2D eigenvalue weighted by Gasteiger charge is -2.38. The van der Waals surface area contributed by atoms with Crippen molar-refractivity contribution in [3.8, 4) is 11.5 Å². The van der Waals surface area contributed by atoms with Gasteiger partial charge in [0.05, 0.1) is 5.69 Å². The van der Waals surface area contributed by atoms with Gasteiger partial charge in [-0.2, -0.15) is 5.10 Å². The quantitative estimate of drug-likeness (QED) is 0.583. The molecule has 0 bridgehead atoms. The number of ether oxygens (including phenoxy) is 2. The minimum Gasteiger partial charge on any atom is -0.454 e. The molecule has 7 nitrogen and oxygen atoms in total. The van der Waals surface area contributed by atoms with Crippen LogP contribution < -0.4 is 20.1 Å². The summed E-state index contributed by atoms with van der Waals surface area (Å²) in [4.78, 5) is 4.46. The zero-order chi connectivity index (χ0) is 21.1. The fraction of sp³-hybridized carbons (Fsp3) is 0.565. The van der Waals surface area contributed by atoms with Crippen molar-refractivity contribution in [3.05, 3.63) is 40.7 Å². The third-order valence-corrected chi connectivity index (χ3v) is 6.70. The van der Waals surface area contributed by atoms with E-state index in [1.807, 2.05) is 18.8 Å². The lowest BCUT2D eigenvalue weighted by atomic mass is 9.69. The highest BCUT2D eigenvalue weighted by atomic mass is 16.7. The first-order valence-electron chi connectivity index (χ1n) is 10.9. The molecule has 0 spiro atoms. The average Bonchev–Trinajstić information content (AvgIpc) is 3.33. The van der Waals surface area contributed by atoms with Crippen LogP contribution in [0.5, 0.6) is 11.5 Å². The van der Waals surface area contributed by atoms with Gasteiger partial charge in [-0.1, -0.05) is 25.3 Å². The van der Waals surface area contributed by atoms with Gasteiger partial charge in [0, 0.05) is 43.9 Å². The van der Waals surface area contributed by atoms with Crippen LogP contribution in [0.1, 0.15) is 54.6 Å². The molecule has 1 aromatic heterocycles. The zero-order valence-electron chi connectivity index (χ0n) is 18.5. The summed E-state index contributed by atoms with van der Waals surface area (Å²) in [6, 6.07) is 6.43. The fourth-order valence-corrected chi connectivity index (χ4v) is 4.74. The molecule has 2 heterocycles. The normalized spacial score (nSPS) is 17.8. The van der Waals surface area contributed by atoms with Gasteiger partial charge in [0.2, 0.25) is 6.79 Å². The van der Waals surface area contributed by atoms with Gasteiger partial charge in [0.25, 0.3) is 0 Å². The molecule has 0 atom stereocenters. The molecule has 1 fully saturated rings. The second-order valence-electron chi connectivity index (χ2n) is 8.46. The Bertz CT molecular complexity index is 928. The highest BCUT2D eigenvalue weighted by Crippen LogP contribution is 2.43. The van der Waals surface area contributed by atoms with E-state index in [4.69, 9.17) is 9.47 Å². The monoisotopic (exact) mass is 411 g/mol. The molecule has 30 heavy (non-hydrogen) atoms. The number of hydrogen-bond donors (Lipinski definition) is 2. The van der Waals surface area contributed by atoms with Crippen LogP contribution >= 0.6 is 0 Å². The summed E-state index contributed by atoms with van der Waals surface area (Å²) in [6.07, 6.45) is 6.13. The molecule has 2 aliphatic rings. The second-order valence-corrected chi connectivity index (χ2v) is 8.46. The lowest BCUT2D eigenvalue weighted by molar-refractivity contribution is 0.174. The molecule has 4 rings (SSSR count). The molecule has 0 amide bonds. The van der Waals surface area contributed by atoms with Crippen LogP contribution in [0.4, 0.5) is 0 Å². The van der Waals surface area contributed by atoms with Crippen molar-refractivity contribution < 1.29 is 9.47 Å². The standard InChI is InChI=1S/C23H33N5O2/c1-16-19(17(2)28(4)27-16)13-25-22(24-3)26-14-23(10-6-5-7-11-23)18-8-9-20-21(12-18)30-15-29-20/h8-9,12H,5-7,10-11,13-15H2,1-4H3,(H2,24,25,26). The Kier molecular flexibility index (Phi) is 5.88. The second kappa shape index (κ2) is 8.58. The highest BCUT2D eigenvalue weighted by molar-refractivity contribution is 5.79. The maximum Gasteiger partial charge on any atom is 0.231 e. The van der Waals surface area contributed by atoms with Crippen LogP contribution in [-0.4, -0.2) is 36.1 Å². The molecule has 2 aromatic rings. The van der Waals surface area contributed by atoms with E-state index >= 15 is 0 Å². The molecule has 0 saturated heterocycles. The van der Waals surface area contributed by atoms with Crippen molar-refractivity contribution in [3.63, 3.8) is 0 Å². The summed E-state index contributed by atoms with van der Waals surface area (Å²) in [6.45, 7) is 6.02. The Balaban J connectivity index is 1.46. The van der Waals surface area contributed by atoms with Crippen LogP contribution in [0.3, 0.4) is 0 Å². The minimum atomic E-state index is 0.0803.